The van der Waals surface area contributed by atoms with Crippen molar-refractivity contribution in [2.75, 3.05) is 0 Å². The van der Waals surface area contributed by atoms with E-state index in [2.05, 4.69) is 39.2 Å². The quantitative estimate of drug-likeness (QED) is 0.750. The number of imidazole rings is 1. The Kier molecular flexibility index (Phi) is 3.14. The van der Waals surface area contributed by atoms with Crippen LogP contribution in [-0.2, 0) is 12.8 Å². The van der Waals surface area contributed by atoms with Crippen LogP contribution >= 0.6 is 0 Å². The second kappa shape index (κ2) is 5.10. The van der Waals surface area contributed by atoms with E-state index in [-0.39, 0.29) is 5.69 Å². The Labute approximate surface area is 110 Å². The van der Waals surface area contributed by atoms with Crippen LogP contribution in [-0.4, -0.2) is 15.0 Å². The van der Waals surface area contributed by atoms with Gasteiger partial charge in [-0.15, -0.1) is 0 Å². The lowest BCUT2D eigenvalue weighted by atomic mass is 10.1. The first-order valence-electron chi connectivity index (χ1n) is 6.43. The Morgan fingerprint density at radius 3 is 2.63 bits per heavy atom. The second-order valence-corrected chi connectivity index (χ2v) is 4.62. The maximum atomic E-state index is 11.1. The number of aromatic amines is 2. The molecule has 3 aromatic rings. The van der Waals surface area contributed by atoms with Gasteiger partial charge in [0.15, 0.2) is 5.65 Å². The van der Waals surface area contributed by atoms with Gasteiger partial charge in [-0.1, -0.05) is 30.3 Å². The molecule has 3 rings (SSSR count). The van der Waals surface area contributed by atoms with Crippen molar-refractivity contribution in [3.63, 3.8) is 0 Å². The van der Waals surface area contributed by atoms with E-state index in [1.165, 1.54) is 5.56 Å². The molecule has 0 aliphatic rings. The minimum Gasteiger partial charge on any atom is -0.304 e. The van der Waals surface area contributed by atoms with Crippen LogP contribution in [0, 0.1) is 0 Å². The van der Waals surface area contributed by atoms with Gasteiger partial charge in [0.2, 0.25) is 0 Å². The van der Waals surface area contributed by atoms with Crippen LogP contribution in [0.4, 0.5) is 0 Å². The summed E-state index contributed by atoms with van der Waals surface area (Å²) in [6.45, 7) is 0. The van der Waals surface area contributed by atoms with Gasteiger partial charge in [-0.05, 0) is 37.0 Å². The molecule has 0 aliphatic carbocycles. The predicted molar refractivity (Wildman–Crippen MR) is 75.2 cm³/mol. The third kappa shape index (κ3) is 2.73. The molecule has 4 nitrogen and oxygen atoms in total. The number of aryl methyl sites for hydroxylation is 2. The van der Waals surface area contributed by atoms with E-state index in [1.807, 2.05) is 18.2 Å². The fourth-order valence-corrected chi connectivity index (χ4v) is 2.21. The highest BCUT2D eigenvalue weighted by Gasteiger charge is 2.01. The van der Waals surface area contributed by atoms with Crippen LogP contribution in [0.1, 0.15) is 17.7 Å². The Bertz CT molecular complexity index is 728. The molecule has 19 heavy (non-hydrogen) atoms. The largest absolute Gasteiger partial charge is 0.325 e. The average Bonchev–Trinajstić information content (AvgIpc) is 2.79. The zero-order valence-corrected chi connectivity index (χ0v) is 10.5. The fourth-order valence-electron chi connectivity index (χ4n) is 2.21. The summed E-state index contributed by atoms with van der Waals surface area (Å²) in [4.78, 5) is 21.0. The van der Waals surface area contributed by atoms with Gasteiger partial charge in [0.25, 0.3) is 0 Å². The number of hydrogen-bond donors (Lipinski definition) is 2. The summed E-state index contributed by atoms with van der Waals surface area (Å²) >= 11 is 0. The molecular formula is C15H15N3O. The number of rotatable bonds is 4. The lowest BCUT2D eigenvalue weighted by molar-refractivity contribution is 0.802. The Balaban J connectivity index is 1.66. The minimum atomic E-state index is -0.205. The number of H-pyrrole nitrogens is 2. The molecule has 0 fully saturated rings. The number of nitrogens with one attached hydrogen (secondary N) is 2. The van der Waals surface area contributed by atoms with Gasteiger partial charge in [-0.25, -0.2) is 9.78 Å². The molecule has 96 valence electrons. The van der Waals surface area contributed by atoms with Gasteiger partial charge in [0, 0.05) is 5.69 Å². The van der Waals surface area contributed by atoms with Crippen LogP contribution in [0.3, 0.4) is 0 Å². The molecule has 2 N–H and O–H groups in total. The van der Waals surface area contributed by atoms with E-state index in [0.717, 1.165) is 30.5 Å². The van der Waals surface area contributed by atoms with Gasteiger partial charge in [0.1, 0.15) is 0 Å². The van der Waals surface area contributed by atoms with E-state index in [9.17, 15) is 4.79 Å². The molecule has 0 amide bonds. The van der Waals surface area contributed by atoms with Crippen molar-refractivity contribution in [1.29, 1.82) is 0 Å². The zero-order chi connectivity index (χ0) is 13.1. The first-order chi connectivity index (χ1) is 9.31. The van der Waals surface area contributed by atoms with Gasteiger partial charge in [-0.3, -0.25) is 4.98 Å². The van der Waals surface area contributed by atoms with Gasteiger partial charge >= 0.3 is 5.69 Å². The Hall–Kier alpha value is -2.36. The van der Waals surface area contributed by atoms with Crippen molar-refractivity contribution in [2.24, 2.45) is 0 Å². The van der Waals surface area contributed by atoms with E-state index in [0.29, 0.717) is 5.65 Å². The summed E-state index contributed by atoms with van der Waals surface area (Å²) in [5.74, 6) is 0. The molecule has 0 saturated carbocycles. The molecule has 0 aliphatic heterocycles. The lowest BCUT2D eigenvalue weighted by Gasteiger charge is -2.01. The third-order valence-corrected chi connectivity index (χ3v) is 3.17. The summed E-state index contributed by atoms with van der Waals surface area (Å²) in [6.07, 6.45) is 3.01. The highest BCUT2D eigenvalue weighted by molar-refractivity contribution is 5.69. The van der Waals surface area contributed by atoms with E-state index in [1.54, 1.807) is 0 Å². The molecule has 2 aromatic heterocycles. The summed E-state index contributed by atoms with van der Waals surface area (Å²) in [7, 11) is 0. The van der Waals surface area contributed by atoms with Gasteiger partial charge < -0.3 is 4.98 Å². The number of pyridine rings is 1. The highest BCUT2D eigenvalue weighted by atomic mass is 16.1. The van der Waals surface area contributed by atoms with Crippen LogP contribution in [0.2, 0.25) is 0 Å². The standard InChI is InChI=1S/C15H15N3O/c19-15-17-13-10-9-12(16-14(13)18-15)8-4-7-11-5-2-1-3-6-11/h1-3,5-6,9-10H,4,7-8H2,(H2,16,17,18,19). The van der Waals surface area contributed by atoms with Crippen LogP contribution in [0.15, 0.2) is 47.3 Å². The second-order valence-electron chi connectivity index (χ2n) is 4.62. The first kappa shape index (κ1) is 11.7. The molecule has 0 atom stereocenters. The van der Waals surface area contributed by atoms with Crippen molar-refractivity contribution in [2.45, 2.75) is 19.3 Å². The molecule has 4 heteroatoms. The number of fused-ring (bicyclic) bond motifs is 1. The molecular weight excluding hydrogens is 238 g/mol. The molecule has 0 radical (unpaired) electrons. The summed E-state index contributed by atoms with van der Waals surface area (Å²) in [5.41, 5.74) is 3.56. The summed E-state index contributed by atoms with van der Waals surface area (Å²) in [6, 6.07) is 14.3. The number of hydrogen-bond acceptors (Lipinski definition) is 2. The maximum Gasteiger partial charge on any atom is 0.325 e. The highest BCUT2D eigenvalue weighted by Crippen LogP contribution is 2.09. The number of benzene rings is 1. The first-order valence-corrected chi connectivity index (χ1v) is 6.43. The number of nitrogens with zero attached hydrogens (tertiary/aromatic N) is 1. The van der Waals surface area contributed by atoms with Crippen molar-refractivity contribution in [3.8, 4) is 0 Å². The normalized spacial score (nSPS) is 10.9. The van der Waals surface area contributed by atoms with Gasteiger partial charge in [0.05, 0.1) is 5.52 Å². The van der Waals surface area contributed by atoms with Crippen molar-refractivity contribution in [3.05, 3.63) is 64.2 Å². The van der Waals surface area contributed by atoms with Crippen molar-refractivity contribution in [1.82, 2.24) is 15.0 Å². The van der Waals surface area contributed by atoms with Crippen LogP contribution < -0.4 is 5.69 Å². The fraction of sp³-hybridized carbons (Fsp3) is 0.200. The van der Waals surface area contributed by atoms with Gasteiger partial charge in [-0.2, -0.15) is 0 Å². The zero-order valence-electron chi connectivity index (χ0n) is 10.5. The summed E-state index contributed by atoms with van der Waals surface area (Å²) in [5, 5.41) is 0. The molecule has 0 unspecified atom stereocenters. The van der Waals surface area contributed by atoms with E-state index in [4.69, 9.17) is 0 Å². The predicted octanol–water partition coefficient (Wildman–Crippen LogP) is 2.43. The van der Waals surface area contributed by atoms with Crippen molar-refractivity contribution >= 4 is 11.2 Å². The molecule has 2 heterocycles. The topological polar surface area (TPSA) is 61.5 Å². The van der Waals surface area contributed by atoms with Crippen molar-refractivity contribution < 1.29 is 0 Å². The molecule has 0 bridgehead atoms. The SMILES string of the molecule is O=c1[nH]c2ccc(CCCc3ccccc3)nc2[nH]1. The average molecular weight is 253 g/mol. The maximum absolute atomic E-state index is 11.1. The molecule has 0 spiro atoms. The van der Waals surface area contributed by atoms with E-state index < -0.39 is 0 Å². The lowest BCUT2D eigenvalue weighted by Crippen LogP contribution is -1.99. The smallest absolute Gasteiger partial charge is 0.304 e. The molecule has 0 saturated heterocycles. The molecule has 1 aromatic carbocycles. The number of aromatic nitrogens is 3. The monoisotopic (exact) mass is 253 g/mol. The summed E-state index contributed by atoms with van der Waals surface area (Å²) < 4.78 is 0. The Morgan fingerprint density at radius 1 is 0.947 bits per heavy atom. The van der Waals surface area contributed by atoms with Crippen LogP contribution in [0.25, 0.3) is 11.2 Å². The third-order valence-electron chi connectivity index (χ3n) is 3.17. The Morgan fingerprint density at radius 2 is 1.79 bits per heavy atom. The minimum absolute atomic E-state index is 0.205. The van der Waals surface area contributed by atoms with Crippen LogP contribution in [0.5, 0.6) is 0 Å². The van der Waals surface area contributed by atoms with E-state index >= 15 is 0 Å².